The molecular weight excluding hydrogens is 220 g/mol. The number of benzene rings is 1. The van der Waals surface area contributed by atoms with Gasteiger partial charge in [-0.2, -0.15) is 0 Å². The van der Waals surface area contributed by atoms with Crippen molar-refractivity contribution < 1.29 is 0 Å². The van der Waals surface area contributed by atoms with Crippen LogP contribution in [-0.2, 0) is 6.42 Å². The highest BCUT2D eigenvalue weighted by atomic mass is 15.1. The molecule has 0 aliphatic heterocycles. The summed E-state index contributed by atoms with van der Waals surface area (Å²) in [5.41, 5.74) is 3.05. The van der Waals surface area contributed by atoms with Gasteiger partial charge in [0.05, 0.1) is 0 Å². The molecule has 2 heteroatoms. The third-order valence-electron chi connectivity index (χ3n) is 4.33. The predicted molar refractivity (Wildman–Crippen MR) is 77.9 cm³/mol. The van der Waals surface area contributed by atoms with Crippen molar-refractivity contribution >= 4 is 0 Å². The van der Waals surface area contributed by atoms with Crippen molar-refractivity contribution in [2.75, 3.05) is 20.1 Å². The smallest absolute Gasteiger partial charge is 0.0326 e. The number of nitrogens with zero attached hydrogens (tertiary/aromatic N) is 1. The zero-order chi connectivity index (χ0) is 13.0. The standard InChI is InChI=1S/C16H26N2/c1-4-13(2)18(3)12-11-17-16-10-9-14-7-5-6-8-15(14)16/h5-8,13,16-17H,4,9-12H2,1-3H3. The lowest BCUT2D eigenvalue weighted by Gasteiger charge is -2.24. The van der Waals surface area contributed by atoms with Crippen LogP contribution in [0.25, 0.3) is 0 Å². The molecule has 0 saturated heterocycles. The Morgan fingerprint density at radius 2 is 2.17 bits per heavy atom. The van der Waals surface area contributed by atoms with Crippen LogP contribution in [0.15, 0.2) is 24.3 Å². The SMILES string of the molecule is CCC(C)N(C)CCNC1CCc2ccccc21. The number of aryl methyl sites for hydroxylation is 1. The average Bonchev–Trinajstić information content (AvgIpc) is 2.81. The molecule has 2 unspecified atom stereocenters. The largest absolute Gasteiger partial charge is 0.309 e. The first-order valence-corrected chi connectivity index (χ1v) is 7.23. The lowest BCUT2D eigenvalue weighted by atomic mass is 10.1. The van der Waals surface area contributed by atoms with E-state index in [9.17, 15) is 0 Å². The Labute approximate surface area is 111 Å². The maximum absolute atomic E-state index is 3.71. The van der Waals surface area contributed by atoms with Gasteiger partial charge in [0.1, 0.15) is 0 Å². The first-order valence-electron chi connectivity index (χ1n) is 7.23. The number of nitrogens with one attached hydrogen (secondary N) is 1. The molecule has 2 rings (SSSR count). The minimum atomic E-state index is 0.575. The van der Waals surface area contributed by atoms with Gasteiger partial charge in [0.2, 0.25) is 0 Å². The van der Waals surface area contributed by atoms with Crippen LogP contribution >= 0.6 is 0 Å². The van der Waals surface area contributed by atoms with Crippen LogP contribution in [0.2, 0.25) is 0 Å². The predicted octanol–water partition coefficient (Wildman–Crippen LogP) is 2.99. The summed E-state index contributed by atoms with van der Waals surface area (Å²) in [6.45, 7) is 6.76. The van der Waals surface area contributed by atoms with Crippen LogP contribution in [0, 0.1) is 0 Å². The lowest BCUT2D eigenvalue weighted by molar-refractivity contribution is 0.248. The normalized spacial score (nSPS) is 20.1. The van der Waals surface area contributed by atoms with Crippen molar-refractivity contribution in [3.8, 4) is 0 Å². The molecule has 0 saturated carbocycles. The Balaban J connectivity index is 1.79. The van der Waals surface area contributed by atoms with Gasteiger partial charge >= 0.3 is 0 Å². The Morgan fingerprint density at radius 3 is 2.94 bits per heavy atom. The van der Waals surface area contributed by atoms with Gasteiger partial charge in [0.25, 0.3) is 0 Å². The molecule has 1 N–H and O–H groups in total. The molecule has 0 amide bonds. The fourth-order valence-corrected chi connectivity index (χ4v) is 2.72. The summed E-state index contributed by atoms with van der Waals surface area (Å²) in [7, 11) is 2.22. The van der Waals surface area contributed by atoms with Crippen LogP contribution in [-0.4, -0.2) is 31.1 Å². The van der Waals surface area contributed by atoms with Crippen molar-refractivity contribution in [3.63, 3.8) is 0 Å². The number of hydrogen-bond donors (Lipinski definition) is 1. The highest BCUT2D eigenvalue weighted by Gasteiger charge is 2.21. The Hall–Kier alpha value is -0.860. The van der Waals surface area contributed by atoms with Crippen LogP contribution in [0.3, 0.4) is 0 Å². The van der Waals surface area contributed by atoms with Crippen molar-refractivity contribution in [3.05, 3.63) is 35.4 Å². The van der Waals surface area contributed by atoms with E-state index in [0.717, 1.165) is 13.1 Å². The van der Waals surface area contributed by atoms with Crippen LogP contribution in [0.1, 0.15) is 43.9 Å². The molecule has 0 spiro atoms. The van der Waals surface area contributed by atoms with Crippen molar-refractivity contribution in [1.82, 2.24) is 10.2 Å². The van der Waals surface area contributed by atoms with E-state index in [0.29, 0.717) is 12.1 Å². The molecule has 0 bridgehead atoms. The van der Waals surface area contributed by atoms with Gasteiger partial charge in [-0.3, -0.25) is 0 Å². The molecular formula is C16H26N2. The van der Waals surface area contributed by atoms with E-state index in [1.807, 2.05) is 0 Å². The van der Waals surface area contributed by atoms with Gasteiger partial charge in [0, 0.05) is 25.2 Å². The molecule has 1 aliphatic rings. The summed E-state index contributed by atoms with van der Waals surface area (Å²) < 4.78 is 0. The molecule has 1 aliphatic carbocycles. The number of likely N-dealkylation sites (N-methyl/N-ethyl adjacent to an activating group) is 1. The molecule has 1 aromatic carbocycles. The number of hydrogen-bond acceptors (Lipinski definition) is 2. The van der Waals surface area contributed by atoms with Crippen molar-refractivity contribution in [1.29, 1.82) is 0 Å². The summed E-state index contributed by atoms with van der Waals surface area (Å²) in [4.78, 5) is 2.44. The molecule has 2 nitrogen and oxygen atoms in total. The second-order valence-electron chi connectivity index (χ2n) is 5.48. The highest BCUT2D eigenvalue weighted by molar-refractivity contribution is 5.34. The van der Waals surface area contributed by atoms with Gasteiger partial charge in [-0.25, -0.2) is 0 Å². The van der Waals surface area contributed by atoms with E-state index in [2.05, 4.69) is 55.4 Å². The number of fused-ring (bicyclic) bond motifs is 1. The van der Waals surface area contributed by atoms with E-state index >= 15 is 0 Å². The second-order valence-corrected chi connectivity index (χ2v) is 5.48. The zero-order valence-electron chi connectivity index (χ0n) is 11.9. The first-order chi connectivity index (χ1) is 8.72. The van der Waals surface area contributed by atoms with Crippen molar-refractivity contribution in [2.45, 2.75) is 45.2 Å². The van der Waals surface area contributed by atoms with Crippen LogP contribution in [0.4, 0.5) is 0 Å². The Morgan fingerprint density at radius 1 is 1.39 bits per heavy atom. The topological polar surface area (TPSA) is 15.3 Å². The third kappa shape index (κ3) is 3.12. The molecule has 0 aromatic heterocycles. The van der Waals surface area contributed by atoms with E-state index < -0.39 is 0 Å². The first kappa shape index (κ1) is 13.6. The summed E-state index contributed by atoms with van der Waals surface area (Å²) in [6.07, 6.45) is 3.71. The molecule has 0 fully saturated rings. The minimum Gasteiger partial charge on any atom is -0.309 e. The van der Waals surface area contributed by atoms with Crippen LogP contribution < -0.4 is 5.32 Å². The molecule has 100 valence electrons. The van der Waals surface area contributed by atoms with E-state index in [4.69, 9.17) is 0 Å². The van der Waals surface area contributed by atoms with Gasteiger partial charge < -0.3 is 10.2 Å². The zero-order valence-corrected chi connectivity index (χ0v) is 11.9. The minimum absolute atomic E-state index is 0.575. The Bertz CT molecular complexity index is 375. The fraction of sp³-hybridized carbons (Fsp3) is 0.625. The Kier molecular flexibility index (Phi) is 4.79. The third-order valence-corrected chi connectivity index (χ3v) is 4.33. The fourth-order valence-electron chi connectivity index (χ4n) is 2.72. The highest BCUT2D eigenvalue weighted by Crippen LogP contribution is 2.30. The molecule has 0 radical (unpaired) electrons. The summed E-state index contributed by atoms with van der Waals surface area (Å²) in [5, 5.41) is 3.71. The monoisotopic (exact) mass is 246 g/mol. The molecule has 1 aromatic rings. The molecule has 2 atom stereocenters. The van der Waals surface area contributed by atoms with Gasteiger partial charge in [-0.15, -0.1) is 0 Å². The maximum Gasteiger partial charge on any atom is 0.0326 e. The van der Waals surface area contributed by atoms with Crippen LogP contribution in [0.5, 0.6) is 0 Å². The van der Waals surface area contributed by atoms with Crippen molar-refractivity contribution in [2.24, 2.45) is 0 Å². The van der Waals surface area contributed by atoms with E-state index in [-0.39, 0.29) is 0 Å². The maximum atomic E-state index is 3.71. The molecule has 0 heterocycles. The van der Waals surface area contributed by atoms with Gasteiger partial charge in [-0.05, 0) is 44.4 Å². The lowest BCUT2D eigenvalue weighted by Crippen LogP contribution is -2.35. The van der Waals surface area contributed by atoms with Gasteiger partial charge in [0.15, 0.2) is 0 Å². The number of rotatable bonds is 6. The quantitative estimate of drug-likeness (QED) is 0.830. The van der Waals surface area contributed by atoms with E-state index in [1.54, 1.807) is 0 Å². The van der Waals surface area contributed by atoms with Gasteiger partial charge in [-0.1, -0.05) is 31.2 Å². The second kappa shape index (κ2) is 6.35. The summed E-state index contributed by atoms with van der Waals surface area (Å²) >= 11 is 0. The summed E-state index contributed by atoms with van der Waals surface area (Å²) in [5.74, 6) is 0. The average molecular weight is 246 g/mol. The summed E-state index contributed by atoms with van der Waals surface area (Å²) in [6, 6.07) is 10.1. The van der Waals surface area contributed by atoms with E-state index in [1.165, 1.54) is 30.4 Å². The molecule has 18 heavy (non-hydrogen) atoms.